The van der Waals surface area contributed by atoms with Gasteiger partial charge in [-0.2, -0.15) is 0 Å². The van der Waals surface area contributed by atoms with E-state index >= 15 is 0 Å². The highest BCUT2D eigenvalue weighted by Gasteiger charge is 2.14. The fraction of sp³-hybridized carbons (Fsp3) is 0.647. The molecule has 0 spiro atoms. The summed E-state index contributed by atoms with van der Waals surface area (Å²) in [6, 6.07) is 5.00. The van der Waals surface area contributed by atoms with Crippen molar-refractivity contribution in [2.24, 2.45) is 0 Å². The van der Waals surface area contributed by atoms with Crippen molar-refractivity contribution in [1.29, 1.82) is 0 Å². The third kappa shape index (κ3) is 7.44. The van der Waals surface area contributed by atoms with Crippen LogP contribution in [0.25, 0.3) is 0 Å². The summed E-state index contributed by atoms with van der Waals surface area (Å²) >= 11 is 0. The zero-order valence-corrected chi connectivity index (χ0v) is 14.0. The van der Waals surface area contributed by atoms with E-state index in [0.29, 0.717) is 25.5 Å². The summed E-state index contributed by atoms with van der Waals surface area (Å²) in [5.74, 6) is -0.0225. The number of ether oxygens (including phenoxy) is 2. The van der Waals surface area contributed by atoms with Crippen molar-refractivity contribution >= 4 is 0 Å². The number of nitrogens with one attached hydrogen (secondary N) is 1. The molecule has 0 amide bonds. The largest absolute Gasteiger partial charge is 0.488 e. The van der Waals surface area contributed by atoms with Crippen molar-refractivity contribution in [3.63, 3.8) is 0 Å². The highest BCUT2D eigenvalue weighted by atomic mass is 19.1. The van der Waals surface area contributed by atoms with Crippen LogP contribution in [-0.4, -0.2) is 24.4 Å². The Kier molecular flexibility index (Phi) is 6.17. The summed E-state index contributed by atoms with van der Waals surface area (Å²) in [5, 5.41) is 3.34. The lowest BCUT2D eigenvalue weighted by atomic mass is 10.1. The van der Waals surface area contributed by atoms with Gasteiger partial charge in [-0.15, -0.1) is 0 Å². The van der Waals surface area contributed by atoms with Crippen molar-refractivity contribution in [2.75, 3.05) is 13.2 Å². The molecule has 0 heterocycles. The van der Waals surface area contributed by atoms with E-state index in [1.54, 1.807) is 6.07 Å². The van der Waals surface area contributed by atoms with Crippen molar-refractivity contribution in [3.8, 4) is 5.75 Å². The predicted octanol–water partition coefficient (Wildman–Crippen LogP) is 3.91. The van der Waals surface area contributed by atoms with Gasteiger partial charge in [0.15, 0.2) is 11.6 Å². The first-order valence-electron chi connectivity index (χ1n) is 7.38. The molecular formula is C17H28FNO2. The van der Waals surface area contributed by atoms with Crippen LogP contribution in [0.4, 0.5) is 4.39 Å². The van der Waals surface area contributed by atoms with E-state index in [0.717, 1.165) is 5.56 Å². The lowest BCUT2D eigenvalue weighted by Gasteiger charge is -2.22. The highest BCUT2D eigenvalue weighted by molar-refractivity contribution is 5.35. The number of para-hydroxylation sites is 1. The van der Waals surface area contributed by atoms with Crippen LogP contribution in [0.5, 0.6) is 5.75 Å². The summed E-state index contributed by atoms with van der Waals surface area (Å²) in [4.78, 5) is 0. The predicted molar refractivity (Wildman–Crippen MR) is 84.2 cm³/mol. The van der Waals surface area contributed by atoms with Crippen molar-refractivity contribution in [1.82, 2.24) is 5.32 Å². The van der Waals surface area contributed by atoms with E-state index in [-0.39, 0.29) is 17.0 Å². The molecule has 4 heteroatoms. The number of halogens is 1. The zero-order chi connectivity index (χ0) is 16.1. The Morgan fingerprint density at radius 1 is 1.05 bits per heavy atom. The molecule has 0 aliphatic rings. The van der Waals surface area contributed by atoms with Crippen molar-refractivity contribution in [3.05, 3.63) is 29.6 Å². The minimum absolute atomic E-state index is 0.0288. The Morgan fingerprint density at radius 3 is 2.29 bits per heavy atom. The molecular weight excluding hydrogens is 269 g/mol. The van der Waals surface area contributed by atoms with E-state index in [1.165, 1.54) is 6.07 Å². The second-order valence-corrected chi connectivity index (χ2v) is 7.14. The molecule has 0 fully saturated rings. The van der Waals surface area contributed by atoms with Gasteiger partial charge in [-0.1, -0.05) is 12.1 Å². The van der Waals surface area contributed by atoms with E-state index in [4.69, 9.17) is 9.47 Å². The fourth-order valence-electron chi connectivity index (χ4n) is 1.71. The summed E-state index contributed by atoms with van der Waals surface area (Å²) in [7, 11) is 0. The normalized spacial score (nSPS) is 12.5. The maximum absolute atomic E-state index is 13.9. The molecule has 1 N–H and O–H groups in total. The number of hydrogen-bond acceptors (Lipinski definition) is 3. The fourth-order valence-corrected chi connectivity index (χ4v) is 1.71. The van der Waals surface area contributed by atoms with Gasteiger partial charge in [0, 0.05) is 17.6 Å². The molecule has 0 aliphatic carbocycles. The van der Waals surface area contributed by atoms with Crippen LogP contribution in [-0.2, 0) is 11.3 Å². The average molecular weight is 297 g/mol. The topological polar surface area (TPSA) is 30.5 Å². The van der Waals surface area contributed by atoms with Crippen LogP contribution >= 0.6 is 0 Å². The third-order valence-corrected chi connectivity index (χ3v) is 2.72. The molecule has 1 rings (SSSR count). The van der Waals surface area contributed by atoms with E-state index < -0.39 is 0 Å². The minimum Gasteiger partial charge on any atom is -0.488 e. The van der Waals surface area contributed by atoms with Crippen LogP contribution in [0.3, 0.4) is 0 Å². The van der Waals surface area contributed by atoms with Gasteiger partial charge in [-0.3, -0.25) is 0 Å². The summed E-state index contributed by atoms with van der Waals surface area (Å²) in [5.41, 5.74) is 0.578. The molecule has 0 aliphatic heterocycles. The molecule has 21 heavy (non-hydrogen) atoms. The van der Waals surface area contributed by atoms with Crippen LogP contribution in [0.15, 0.2) is 18.2 Å². The maximum Gasteiger partial charge on any atom is 0.165 e. The molecule has 0 saturated carbocycles. The number of benzene rings is 1. The van der Waals surface area contributed by atoms with Crippen molar-refractivity contribution in [2.45, 2.75) is 59.2 Å². The first-order chi connectivity index (χ1) is 9.58. The van der Waals surface area contributed by atoms with E-state index in [1.807, 2.05) is 26.8 Å². The minimum atomic E-state index is -0.334. The highest BCUT2D eigenvalue weighted by Crippen LogP contribution is 2.23. The second kappa shape index (κ2) is 7.23. The van der Waals surface area contributed by atoms with Crippen LogP contribution in [0.2, 0.25) is 0 Å². The Morgan fingerprint density at radius 2 is 1.71 bits per heavy atom. The Balaban J connectivity index is 2.63. The lowest BCUT2D eigenvalue weighted by molar-refractivity contribution is -0.0167. The van der Waals surface area contributed by atoms with Crippen LogP contribution < -0.4 is 10.1 Å². The number of hydrogen-bond donors (Lipinski definition) is 1. The van der Waals surface area contributed by atoms with Crippen LogP contribution in [0, 0.1) is 5.82 Å². The summed E-state index contributed by atoms with van der Waals surface area (Å²) < 4.78 is 25.1. The van der Waals surface area contributed by atoms with Gasteiger partial charge in [0.05, 0.1) is 12.2 Å². The van der Waals surface area contributed by atoms with Gasteiger partial charge in [0.2, 0.25) is 0 Å². The first kappa shape index (κ1) is 17.9. The lowest BCUT2D eigenvalue weighted by Crippen LogP contribution is -2.35. The molecule has 3 nitrogen and oxygen atoms in total. The summed E-state index contributed by atoms with van der Waals surface area (Å²) in [6.07, 6.45) is 0. The molecule has 1 aromatic carbocycles. The number of rotatable bonds is 6. The average Bonchev–Trinajstić information content (AvgIpc) is 2.31. The second-order valence-electron chi connectivity index (χ2n) is 7.14. The molecule has 1 aromatic rings. The van der Waals surface area contributed by atoms with Gasteiger partial charge in [0.25, 0.3) is 0 Å². The molecule has 120 valence electrons. The maximum atomic E-state index is 13.9. The molecule has 0 unspecified atom stereocenters. The molecule has 0 bridgehead atoms. The van der Waals surface area contributed by atoms with Gasteiger partial charge in [0.1, 0.15) is 6.61 Å². The van der Waals surface area contributed by atoms with E-state index in [9.17, 15) is 4.39 Å². The molecule has 0 atom stereocenters. The third-order valence-electron chi connectivity index (χ3n) is 2.72. The van der Waals surface area contributed by atoms with Gasteiger partial charge >= 0.3 is 0 Å². The smallest absolute Gasteiger partial charge is 0.165 e. The first-order valence-corrected chi connectivity index (χ1v) is 7.38. The van der Waals surface area contributed by atoms with Crippen LogP contribution in [0.1, 0.15) is 47.1 Å². The standard InChI is InChI=1S/C17H28FNO2/c1-16(2,3)19-12-13-8-7-9-14(18)15(13)20-10-11-21-17(4,5)6/h7-9,19H,10-12H2,1-6H3. The van der Waals surface area contributed by atoms with Gasteiger partial charge < -0.3 is 14.8 Å². The van der Waals surface area contributed by atoms with Gasteiger partial charge in [-0.25, -0.2) is 4.39 Å². The zero-order valence-electron chi connectivity index (χ0n) is 14.0. The monoisotopic (exact) mass is 297 g/mol. The SMILES string of the molecule is CC(C)(C)NCc1cccc(F)c1OCCOC(C)(C)C. The Hall–Kier alpha value is -1.13. The molecule has 0 radical (unpaired) electrons. The quantitative estimate of drug-likeness (QED) is 0.808. The summed E-state index contributed by atoms with van der Waals surface area (Å²) in [6.45, 7) is 13.5. The van der Waals surface area contributed by atoms with Crippen molar-refractivity contribution < 1.29 is 13.9 Å². The van der Waals surface area contributed by atoms with Gasteiger partial charge in [-0.05, 0) is 47.6 Å². The molecule has 0 saturated heterocycles. The van der Waals surface area contributed by atoms with E-state index in [2.05, 4.69) is 26.1 Å². The Bertz CT molecular complexity index is 447. The molecule has 0 aromatic heterocycles. The Labute approximate surface area is 127 Å².